The van der Waals surface area contributed by atoms with Crippen LogP contribution < -0.4 is 4.74 Å². The quantitative estimate of drug-likeness (QED) is 0.665. The molecule has 1 N–H and O–H groups in total. The van der Waals surface area contributed by atoms with E-state index in [9.17, 15) is 19.3 Å². The van der Waals surface area contributed by atoms with Gasteiger partial charge in [-0.15, -0.1) is 0 Å². The zero-order valence-corrected chi connectivity index (χ0v) is 11.7. The number of nitro groups is 1. The number of benzene rings is 1. The van der Waals surface area contributed by atoms with E-state index in [1.54, 1.807) is 0 Å². The predicted octanol–water partition coefficient (Wildman–Crippen LogP) is 3.38. The van der Waals surface area contributed by atoms with Crippen molar-refractivity contribution < 1.29 is 24.0 Å². The number of ether oxygens (including phenoxy) is 1. The number of carbonyl (C=O) groups is 1. The van der Waals surface area contributed by atoms with Crippen LogP contribution in [0, 0.1) is 15.9 Å². The number of nitro benzene ring substituents is 1. The fraction of sp³-hybridized carbons (Fsp3) is 0. The van der Waals surface area contributed by atoms with Crippen LogP contribution in [0.5, 0.6) is 11.6 Å². The number of aromatic nitrogens is 1. The molecule has 0 fully saturated rings. The summed E-state index contributed by atoms with van der Waals surface area (Å²) in [5.74, 6) is -2.76. The van der Waals surface area contributed by atoms with E-state index >= 15 is 0 Å². The molecule has 0 aliphatic carbocycles. The van der Waals surface area contributed by atoms with Gasteiger partial charge in [-0.1, -0.05) is 0 Å². The Hall–Kier alpha value is -2.55. The molecule has 0 saturated carbocycles. The van der Waals surface area contributed by atoms with Crippen molar-refractivity contribution in [3.63, 3.8) is 0 Å². The number of aromatic carboxylic acids is 1. The van der Waals surface area contributed by atoms with Crippen LogP contribution in [0.25, 0.3) is 0 Å². The number of nitrogens with zero attached hydrogens (tertiary/aromatic N) is 2. The second-order valence-electron chi connectivity index (χ2n) is 3.78. The number of carboxylic acid groups (broad SMARTS) is 1. The van der Waals surface area contributed by atoms with E-state index in [0.717, 1.165) is 12.1 Å². The lowest BCUT2D eigenvalue weighted by Gasteiger charge is -2.08. The first kappa shape index (κ1) is 14.9. The van der Waals surface area contributed by atoms with Crippen molar-refractivity contribution in [2.75, 3.05) is 0 Å². The molecule has 7 nitrogen and oxygen atoms in total. The first-order valence-corrected chi connectivity index (χ1v) is 6.18. The fourth-order valence-electron chi connectivity index (χ4n) is 1.48. The largest absolute Gasteiger partial charge is 0.477 e. The minimum atomic E-state index is -1.32. The van der Waals surface area contributed by atoms with E-state index in [4.69, 9.17) is 9.84 Å². The number of rotatable bonds is 4. The van der Waals surface area contributed by atoms with Crippen LogP contribution in [-0.4, -0.2) is 21.0 Å². The maximum atomic E-state index is 13.0. The summed E-state index contributed by atoms with van der Waals surface area (Å²) in [4.78, 5) is 24.9. The Labute approximate surface area is 125 Å². The third kappa shape index (κ3) is 3.31. The first-order valence-electron chi connectivity index (χ1n) is 5.39. The monoisotopic (exact) mass is 356 g/mol. The maximum absolute atomic E-state index is 13.0. The molecule has 108 valence electrons. The SMILES string of the molecule is O=C(O)c1cc(Br)cnc1Oc1ccc(F)cc1[N+](=O)[O-]. The molecule has 9 heteroatoms. The summed E-state index contributed by atoms with van der Waals surface area (Å²) in [6.07, 6.45) is 1.27. The van der Waals surface area contributed by atoms with E-state index in [2.05, 4.69) is 20.9 Å². The van der Waals surface area contributed by atoms with Gasteiger partial charge in [0.2, 0.25) is 11.6 Å². The van der Waals surface area contributed by atoms with Crippen LogP contribution in [0.4, 0.5) is 10.1 Å². The molecule has 0 saturated heterocycles. The molecular formula is C12H6BrFN2O5. The molecule has 0 amide bonds. The molecule has 2 aromatic rings. The minimum absolute atomic E-state index is 0.289. The third-order valence-electron chi connectivity index (χ3n) is 2.37. The second-order valence-corrected chi connectivity index (χ2v) is 4.70. The standard InChI is InChI=1S/C12H6BrFN2O5/c13-6-3-8(12(17)18)11(15-5-6)21-10-2-1-7(14)4-9(10)16(19)20/h1-5H,(H,17,18). The van der Waals surface area contributed by atoms with Gasteiger partial charge in [-0.3, -0.25) is 10.1 Å². The molecule has 0 aliphatic rings. The summed E-state index contributed by atoms with van der Waals surface area (Å²) in [5.41, 5.74) is -0.918. The Morgan fingerprint density at radius 2 is 2.14 bits per heavy atom. The van der Waals surface area contributed by atoms with E-state index < -0.39 is 22.4 Å². The van der Waals surface area contributed by atoms with E-state index in [0.29, 0.717) is 10.5 Å². The Balaban J connectivity index is 2.48. The molecule has 1 heterocycles. The molecule has 0 unspecified atom stereocenters. The van der Waals surface area contributed by atoms with Crippen LogP contribution in [0.1, 0.15) is 10.4 Å². The lowest BCUT2D eigenvalue weighted by molar-refractivity contribution is -0.385. The van der Waals surface area contributed by atoms with Gasteiger partial charge < -0.3 is 9.84 Å². The van der Waals surface area contributed by atoms with Crippen molar-refractivity contribution in [3.05, 3.63) is 56.4 Å². The molecule has 0 atom stereocenters. The number of pyridine rings is 1. The van der Waals surface area contributed by atoms with Crippen molar-refractivity contribution in [1.29, 1.82) is 0 Å². The molecule has 2 rings (SSSR count). The number of hydrogen-bond donors (Lipinski definition) is 1. The van der Waals surface area contributed by atoms with Gasteiger partial charge in [-0.05, 0) is 34.1 Å². The molecule has 0 spiro atoms. The highest BCUT2D eigenvalue weighted by molar-refractivity contribution is 9.10. The minimum Gasteiger partial charge on any atom is -0.477 e. The topological polar surface area (TPSA) is 103 Å². The van der Waals surface area contributed by atoms with E-state index in [-0.39, 0.29) is 17.2 Å². The highest BCUT2D eigenvalue weighted by Gasteiger charge is 2.21. The Morgan fingerprint density at radius 1 is 1.43 bits per heavy atom. The molecule has 1 aromatic carbocycles. The van der Waals surface area contributed by atoms with Crippen LogP contribution in [0.3, 0.4) is 0 Å². The predicted molar refractivity (Wildman–Crippen MR) is 72.0 cm³/mol. The Morgan fingerprint density at radius 3 is 2.76 bits per heavy atom. The van der Waals surface area contributed by atoms with Gasteiger partial charge in [0.05, 0.1) is 11.0 Å². The lowest BCUT2D eigenvalue weighted by Crippen LogP contribution is -2.03. The molecule has 21 heavy (non-hydrogen) atoms. The molecule has 0 aliphatic heterocycles. The second kappa shape index (κ2) is 5.83. The highest BCUT2D eigenvalue weighted by atomic mass is 79.9. The van der Waals surface area contributed by atoms with Crippen molar-refractivity contribution in [2.24, 2.45) is 0 Å². The van der Waals surface area contributed by atoms with Gasteiger partial charge in [-0.25, -0.2) is 14.2 Å². The van der Waals surface area contributed by atoms with Gasteiger partial charge in [0.25, 0.3) is 0 Å². The van der Waals surface area contributed by atoms with Crippen molar-refractivity contribution in [3.8, 4) is 11.6 Å². The summed E-state index contributed by atoms with van der Waals surface area (Å²) >= 11 is 3.06. The van der Waals surface area contributed by atoms with Crippen molar-refractivity contribution >= 4 is 27.6 Å². The van der Waals surface area contributed by atoms with Crippen LogP contribution >= 0.6 is 15.9 Å². The zero-order chi connectivity index (χ0) is 15.6. The Bertz CT molecular complexity index is 676. The molecule has 1 aromatic heterocycles. The highest BCUT2D eigenvalue weighted by Crippen LogP contribution is 2.33. The van der Waals surface area contributed by atoms with Gasteiger partial charge in [-0.2, -0.15) is 0 Å². The molecular weight excluding hydrogens is 351 g/mol. The van der Waals surface area contributed by atoms with Gasteiger partial charge in [0, 0.05) is 10.7 Å². The number of halogens is 2. The normalized spacial score (nSPS) is 10.2. The number of hydrogen-bond acceptors (Lipinski definition) is 5. The smallest absolute Gasteiger partial charge is 0.341 e. The Kier molecular flexibility index (Phi) is 4.13. The van der Waals surface area contributed by atoms with Gasteiger partial charge in [0.1, 0.15) is 11.4 Å². The fourth-order valence-corrected chi connectivity index (χ4v) is 1.82. The zero-order valence-electron chi connectivity index (χ0n) is 10.1. The first-order chi connectivity index (χ1) is 9.88. The number of carboxylic acids is 1. The van der Waals surface area contributed by atoms with Crippen LogP contribution in [-0.2, 0) is 0 Å². The van der Waals surface area contributed by atoms with Crippen molar-refractivity contribution in [2.45, 2.75) is 0 Å². The third-order valence-corrected chi connectivity index (χ3v) is 2.81. The summed E-state index contributed by atoms with van der Waals surface area (Å²) in [6, 6.07) is 3.90. The van der Waals surface area contributed by atoms with E-state index in [1.165, 1.54) is 12.3 Å². The van der Waals surface area contributed by atoms with Gasteiger partial charge in [0.15, 0.2) is 0 Å². The average Bonchev–Trinajstić information content (AvgIpc) is 2.42. The van der Waals surface area contributed by atoms with Crippen molar-refractivity contribution in [1.82, 2.24) is 4.98 Å². The van der Waals surface area contributed by atoms with Gasteiger partial charge >= 0.3 is 11.7 Å². The summed E-state index contributed by atoms with van der Waals surface area (Å²) in [7, 11) is 0. The van der Waals surface area contributed by atoms with Crippen LogP contribution in [0.2, 0.25) is 0 Å². The molecule has 0 bridgehead atoms. The maximum Gasteiger partial charge on any atom is 0.341 e. The van der Waals surface area contributed by atoms with Crippen LogP contribution in [0.15, 0.2) is 34.9 Å². The van der Waals surface area contributed by atoms with E-state index in [1.807, 2.05) is 0 Å². The summed E-state index contributed by atoms with van der Waals surface area (Å²) in [5, 5.41) is 19.9. The summed E-state index contributed by atoms with van der Waals surface area (Å²) < 4.78 is 18.6. The lowest BCUT2D eigenvalue weighted by atomic mass is 10.2. The average molecular weight is 357 g/mol. The molecule has 0 radical (unpaired) electrons. The summed E-state index contributed by atoms with van der Waals surface area (Å²) in [6.45, 7) is 0.